The van der Waals surface area contributed by atoms with Crippen molar-refractivity contribution in [3.8, 4) is 5.75 Å². The van der Waals surface area contributed by atoms with Crippen LogP contribution in [-0.4, -0.2) is 40.8 Å². The fraction of sp³-hybridized carbons (Fsp3) is 0.462. The van der Waals surface area contributed by atoms with Crippen molar-refractivity contribution in [3.05, 3.63) is 23.8 Å². The number of ether oxygens (including phenoxy) is 3. The number of primary sulfonamides is 1. The highest BCUT2D eigenvalue weighted by Crippen LogP contribution is 2.31. The molecule has 0 bridgehead atoms. The maximum atomic E-state index is 11.8. The fourth-order valence-corrected chi connectivity index (χ4v) is 2.57. The van der Waals surface area contributed by atoms with Gasteiger partial charge < -0.3 is 14.2 Å². The van der Waals surface area contributed by atoms with Gasteiger partial charge in [-0.05, 0) is 23.8 Å². The van der Waals surface area contributed by atoms with Crippen LogP contribution in [0.2, 0.25) is 0 Å². The van der Waals surface area contributed by atoms with Gasteiger partial charge in [0.2, 0.25) is 10.0 Å². The van der Waals surface area contributed by atoms with Crippen molar-refractivity contribution in [2.45, 2.75) is 23.8 Å². The van der Waals surface area contributed by atoms with E-state index >= 15 is 0 Å². The molecule has 1 atom stereocenters. The molecule has 1 unspecified atom stereocenters. The van der Waals surface area contributed by atoms with Crippen LogP contribution in [0.1, 0.15) is 12.0 Å². The summed E-state index contributed by atoms with van der Waals surface area (Å²) in [5, 5.41) is 5.07. The molecule has 1 aliphatic heterocycles. The third-order valence-corrected chi connectivity index (χ3v) is 3.95. The van der Waals surface area contributed by atoms with E-state index in [0.717, 1.165) is 0 Å². The third kappa shape index (κ3) is 3.93. The van der Waals surface area contributed by atoms with E-state index in [9.17, 15) is 13.2 Å². The summed E-state index contributed by atoms with van der Waals surface area (Å²) in [5.74, 6) is 0.000648. The minimum Gasteiger partial charge on any atom is -0.478 e. The molecule has 0 saturated heterocycles. The molecule has 1 aromatic carbocycles. The number of hydrogen-bond donors (Lipinski definition) is 1. The average Bonchev–Trinajstić information content (AvgIpc) is 2.85. The largest absolute Gasteiger partial charge is 0.478 e. The number of rotatable bonds is 6. The zero-order valence-electron chi connectivity index (χ0n) is 11.6. The van der Waals surface area contributed by atoms with Gasteiger partial charge in [0.05, 0.1) is 11.5 Å². The van der Waals surface area contributed by atoms with E-state index < -0.39 is 22.1 Å². The van der Waals surface area contributed by atoms with Crippen molar-refractivity contribution in [1.29, 1.82) is 0 Å². The molecule has 1 aromatic rings. The zero-order valence-corrected chi connectivity index (χ0v) is 12.4. The molecular formula is C13H17NO6S. The van der Waals surface area contributed by atoms with E-state index in [1.54, 1.807) is 7.11 Å². The van der Waals surface area contributed by atoms with Gasteiger partial charge in [-0.15, -0.1) is 0 Å². The first-order valence-corrected chi connectivity index (χ1v) is 7.94. The van der Waals surface area contributed by atoms with Crippen LogP contribution in [0.5, 0.6) is 5.75 Å². The lowest BCUT2D eigenvalue weighted by Crippen LogP contribution is -2.28. The molecule has 0 radical (unpaired) electrons. The summed E-state index contributed by atoms with van der Waals surface area (Å²) in [6.45, 7) is 0.766. The van der Waals surface area contributed by atoms with E-state index in [0.29, 0.717) is 24.3 Å². The van der Waals surface area contributed by atoms with Gasteiger partial charge in [-0.25, -0.2) is 18.4 Å². The third-order valence-electron chi connectivity index (χ3n) is 3.04. The summed E-state index contributed by atoms with van der Waals surface area (Å²) in [7, 11) is -2.20. The highest BCUT2D eigenvalue weighted by Gasteiger charge is 2.31. The van der Waals surface area contributed by atoms with Crippen LogP contribution in [0.4, 0.5) is 0 Å². The highest BCUT2D eigenvalue weighted by molar-refractivity contribution is 7.89. The maximum Gasteiger partial charge on any atom is 0.347 e. The lowest BCUT2D eigenvalue weighted by molar-refractivity contribution is -0.151. The van der Waals surface area contributed by atoms with Gasteiger partial charge in [0.1, 0.15) is 5.75 Å². The maximum absolute atomic E-state index is 11.8. The topological polar surface area (TPSA) is 105 Å². The second-order valence-electron chi connectivity index (χ2n) is 4.64. The van der Waals surface area contributed by atoms with E-state index in [-0.39, 0.29) is 17.9 Å². The van der Waals surface area contributed by atoms with Crippen LogP contribution in [0.25, 0.3) is 0 Å². The van der Waals surface area contributed by atoms with Crippen molar-refractivity contribution < 1.29 is 27.4 Å². The molecule has 0 amide bonds. The van der Waals surface area contributed by atoms with E-state index in [2.05, 4.69) is 0 Å². The molecule has 8 heteroatoms. The summed E-state index contributed by atoms with van der Waals surface area (Å²) in [4.78, 5) is 11.8. The molecule has 2 rings (SSSR count). The Kier molecular flexibility index (Phi) is 4.81. The fourth-order valence-electron chi connectivity index (χ4n) is 2.00. The molecule has 1 aliphatic rings. The molecule has 0 aromatic heterocycles. The summed E-state index contributed by atoms with van der Waals surface area (Å²) in [6.07, 6.45) is 0.123. The van der Waals surface area contributed by atoms with Crippen molar-refractivity contribution in [2.24, 2.45) is 5.14 Å². The number of fused-ring (bicyclic) bond motifs is 1. The Bertz CT molecular complexity index is 628. The second-order valence-corrected chi connectivity index (χ2v) is 6.20. The molecule has 0 fully saturated rings. The second kappa shape index (κ2) is 6.42. The first-order valence-electron chi connectivity index (χ1n) is 6.40. The monoisotopic (exact) mass is 315 g/mol. The summed E-state index contributed by atoms with van der Waals surface area (Å²) >= 11 is 0. The van der Waals surface area contributed by atoms with Gasteiger partial charge in [-0.1, -0.05) is 0 Å². The SMILES string of the molecule is COCCCOC(=O)C1Cc2cc(S(N)(=O)=O)ccc2O1. The highest BCUT2D eigenvalue weighted by atomic mass is 32.2. The zero-order chi connectivity index (χ0) is 15.5. The lowest BCUT2D eigenvalue weighted by atomic mass is 10.1. The smallest absolute Gasteiger partial charge is 0.347 e. The van der Waals surface area contributed by atoms with Gasteiger partial charge in [0, 0.05) is 26.6 Å². The van der Waals surface area contributed by atoms with Crippen LogP contribution in [0.3, 0.4) is 0 Å². The minimum atomic E-state index is -3.77. The summed E-state index contributed by atoms with van der Waals surface area (Å²) in [5.41, 5.74) is 0.625. The molecule has 1 heterocycles. The van der Waals surface area contributed by atoms with Crippen molar-refractivity contribution in [3.63, 3.8) is 0 Å². The number of hydrogen-bond acceptors (Lipinski definition) is 6. The molecular weight excluding hydrogens is 298 g/mol. The standard InChI is InChI=1S/C13H17NO6S/c1-18-5-2-6-19-13(15)12-8-9-7-10(21(14,16)17)3-4-11(9)20-12/h3-4,7,12H,2,5-6,8H2,1H3,(H2,14,16,17). The number of methoxy groups -OCH3 is 1. The lowest BCUT2D eigenvalue weighted by Gasteiger charge is -2.10. The van der Waals surface area contributed by atoms with Gasteiger partial charge in [0.25, 0.3) is 0 Å². The molecule has 7 nitrogen and oxygen atoms in total. The van der Waals surface area contributed by atoms with Gasteiger partial charge in [-0.2, -0.15) is 0 Å². The van der Waals surface area contributed by atoms with Gasteiger partial charge >= 0.3 is 5.97 Å². The molecule has 0 spiro atoms. The Balaban J connectivity index is 1.98. The average molecular weight is 315 g/mol. The number of carbonyl (C=O) groups is 1. The van der Waals surface area contributed by atoms with Crippen LogP contribution < -0.4 is 9.88 Å². The van der Waals surface area contributed by atoms with Crippen molar-refractivity contribution in [2.75, 3.05) is 20.3 Å². The number of esters is 1. The molecule has 0 aliphatic carbocycles. The number of carbonyl (C=O) groups excluding carboxylic acids is 1. The van der Waals surface area contributed by atoms with Crippen LogP contribution in [0, 0.1) is 0 Å². The van der Waals surface area contributed by atoms with Crippen LogP contribution in [-0.2, 0) is 30.7 Å². The number of benzene rings is 1. The summed E-state index contributed by atoms with van der Waals surface area (Å²) in [6, 6.07) is 4.26. The van der Waals surface area contributed by atoms with E-state index in [4.69, 9.17) is 19.3 Å². The van der Waals surface area contributed by atoms with Gasteiger partial charge in [-0.3, -0.25) is 0 Å². The van der Waals surface area contributed by atoms with Crippen LogP contribution >= 0.6 is 0 Å². The Morgan fingerprint density at radius 3 is 2.86 bits per heavy atom. The van der Waals surface area contributed by atoms with E-state index in [1.165, 1.54) is 18.2 Å². The first kappa shape index (κ1) is 15.7. The van der Waals surface area contributed by atoms with Crippen molar-refractivity contribution in [1.82, 2.24) is 0 Å². The van der Waals surface area contributed by atoms with Gasteiger partial charge in [0.15, 0.2) is 6.10 Å². The normalized spacial score (nSPS) is 17.1. The predicted octanol–water partition coefficient (Wildman–Crippen LogP) is 0.217. The molecule has 116 valence electrons. The van der Waals surface area contributed by atoms with Crippen molar-refractivity contribution >= 4 is 16.0 Å². The Labute approximate surface area is 123 Å². The Morgan fingerprint density at radius 1 is 1.43 bits per heavy atom. The Hall–Kier alpha value is -1.64. The predicted molar refractivity (Wildman–Crippen MR) is 73.4 cm³/mol. The van der Waals surface area contributed by atoms with E-state index in [1.807, 2.05) is 0 Å². The number of sulfonamides is 1. The number of nitrogens with two attached hydrogens (primary N) is 1. The molecule has 21 heavy (non-hydrogen) atoms. The Morgan fingerprint density at radius 2 is 2.19 bits per heavy atom. The summed E-state index contributed by atoms with van der Waals surface area (Å²) < 4.78 is 37.9. The minimum absolute atomic E-state index is 0.000961. The molecule has 0 saturated carbocycles. The quantitative estimate of drug-likeness (QED) is 0.594. The first-order chi connectivity index (χ1) is 9.91. The molecule has 2 N–H and O–H groups in total. The van der Waals surface area contributed by atoms with Crippen LogP contribution in [0.15, 0.2) is 23.1 Å².